The Labute approximate surface area is 124 Å². The Kier molecular flexibility index (Phi) is 4.58. The lowest BCUT2D eigenvalue weighted by Crippen LogP contribution is -2.23. The van der Waals surface area contributed by atoms with Gasteiger partial charge in [0.25, 0.3) is 0 Å². The highest BCUT2D eigenvalue weighted by molar-refractivity contribution is 6.09. The summed E-state index contributed by atoms with van der Waals surface area (Å²) in [5, 5.41) is 0. The second kappa shape index (κ2) is 6.39. The maximum absolute atomic E-state index is 12.9. The number of hydrogen-bond donors (Lipinski definition) is 1. The van der Waals surface area contributed by atoms with Gasteiger partial charge in [0.1, 0.15) is 5.82 Å². The van der Waals surface area contributed by atoms with E-state index in [1.165, 1.54) is 24.3 Å². The number of ketones is 1. The van der Waals surface area contributed by atoms with Crippen LogP contribution in [-0.2, 0) is 0 Å². The van der Waals surface area contributed by atoms with Crippen LogP contribution >= 0.6 is 0 Å². The molecular formula is C17H19FN2O. The second-order valence-electron chi connectivity index (χ2n) is 4.78. The largest absolute Gasteiger partial charge is 0.397 e. The molecule has 3 nitrogen and oxygen atoms in total. The van der Waals surface area contributed by atoms with E-state index in [9.17, 15) is 9.18 Å². The lowest BCUT2D eigenvalue weighted by atomic mass is 10.0. The molecule has 2 N–H and O–H groups in total. The van der Waals surface area contributed by atoms with Crippen LogP contribution in [-0.4, -0.2) is 18.9 Å². The van der Waals surface area contributed by atoms with Gasteiger partial charge in [0.2, 0.25) is 0 Å². The van der Waals surface area contributed by atoms with Gasteiger partial charge in [-0.3, -0.25) is 4.79 Å². The molecule has 0 radical (unpaired) electrons. The van der Waals surface area contributed by atoms with E-state index >= 15 is 0 Å². The van der Waals surface area contributed by atoms with Crippen LogP contribution in [0, 0.1) is 5.82 Å². The summed E-state index contributed by atoms with van der Waals surface area (Å²) in [6, 6.07) is 10.8. The van der Waals surface area contributed by atoms with Crippen molar-refractivity contribution in [2.24, 2.45) is 0 Å². The maximum Gasteiger partial charge on any atom is 0.193 e. The molecule has 0 saturated heterocycles. The smallest absolute Gasteiger partial charge is 0.193 e. The number of nitrogens with two attached hydrogens (primary N) is 1. The third-order valence-corrected chi connectivity index (χ3v) is 3.50. The minimum Gasteiger partial charge on any atom is -0.397 e. The molecule has 110 valence electrons. The molecule has 4 heteroatoms. The first-order valence-electron chi connectivity index (χ1n) is 7.01. The van der Waals surface area contributed by atoms with Crippen LogP contribution in [0.4, 0.5) is 15.8 Å². The first-order valence-corrected chi connectivity index (χ1v) is 7.01. The van der Waals surface area contributed by atoms with Gasteiger partial charge in [-0.05, 0) is 56.3 Å². The number of anilines is 2. The first-order chi connectivity index (χ1) is 10.1. The molecule has 0 atom stereocenters. The average molecular weight is 286 g/mol. The fraction of sp³-hybridized carbons (Fsp3) is 0.235. The molecule has 0 fully saturated rings. The van der Waals surface area contributed by atoms with Crippen molar-refractivity contribution in [2.45, 2.75) is 13.8 Å². The zero-order chi connectivity index (χ0) is 15.4. The summed E-state index contributed by atoms with van der Waals surface area (Å²) in [7, 11) is 0. The Morgan fingerprint density at radius 3 is 2.14 bits per heavy atom. The molecule has 2 aromatic carbocycles. The number of rotatable bonds is 5. The van der Waals surface area contributed by atoms with E-state index in [1.807, 2.05) is 6.07 Å². The molecule has 0 heterocycles. The molecule has 0 unspecified atom stereocenters. The van der Waals surface area contributed by atoms with Crippen LogP contribution in [0.2, 0.25) is 0 Å². The van der Waals surface area contributed by atoms with Gasteiger partial charge in [-0.2, -0.15) is 0 Å². The number of nitrogen functional groups attached to an aromatic ring is 1. The van der Waals surface area contributed by atoms with Gasteiger partial charge in [0, 0.05) is 24.2 Å². The number of carbonyl (C=O) groups is 1. The van der Waals surface area contributed by atoms with Gasteiger partial charge in [-0.1, -0.05) is 0 Å². The van der Waals surface area contributed by atoms with Crippen molar-refractivity contribution in [1.82, 2.24) is 0 Å². The minimum absolute atomic E-state index is 0.159. The van der Waals surface area contributed by atoms with Crippen molar-refractivity contribution in [3.8, 4) is 0 Å². The van der Waals surface area contributed by atoms with Crippen LogP contribution in [0.5, 0.6) is 0 Å². The third-order valence-electron chi connectivity index (χ3n) is 3.50. The van der Waals surface area contributed by atoms with Crippen LogP contribution in [0.1, 0.15) is 29.8 Å². The summed E-state index contributed by atoms with van der Waals surface area (Å²) < 4.78 is 12.9. The summed E-state index contributed by atoms with van der Waals surface area (Å²) in [4.78, 5) is 14.5. The molecule has 0 amide bonds. The van der Waals surface area contributed by atoms with E-state index in [0.717, 1.165) is 18.8 Å². The van der Waals surface area contributed by atoms with E-state index in [2.05, 4.69) is 18.7 Å². The Morgan fingerprint density at radius 1 is 1.05 bits per heavy atom. The summed E-state index contributed by atoms with van der Waals surface area (Å²) in [5.41, 5.74) is 8.52. The number of hydrogen-bond acceptors (Lipinski definition) is 3. The first kappa shape index (κ1) is 15.0. The topological polar surface area (TPSA) is 46.3 Å². The third kappa shape index (κ3) is 3.21. The van der Waals surface area contributed by atoms with Crippen LogP contribution < -0.4 is 10.6 Å². The predicted octanol–water partition coefficient (Wildman–Crippen LogP) is 3.49. The summed E-state index contributed by atoms with van der Waals surface area (Å²) >= 11 is 0. The highest BCUT2D eigenvalue weighted by Gasteiger charge is 2.13. The Hall–Kier alpha value is -2.36. The van der Waals surface area contributed by atoms with Crippen molar-refractivity contribution < 1.29 is 9.18 Å². The van der Waals surface area contributed by atoms with E-state index in [1.54, 1.807) is 12.1 Å². The van der Waals surface area contributed by atoms with Crippen molar-refractivity contribution in [3.63, 3.8) is 0 Å². The highest BCUT2D eigenvalue weighted by atomic mass is 19.1. The Bertz CT molecular complexity index is 634. The molecule has 0 aromatic heterocycles. The maximum atomic E-state index is 12.9. The molecule has 0 bridgehead atoms. The van der Waals surface area contributed by atoms with Gasteiger partial charge >= 0.3 is 0 Å². The molecule has 0 saturated carbocycles. The van der Waals surface area contributed by atoms with E-state index in [-0.39, 0.29) is 11.6 Å². The van der Waals surface area contributed by atoms with Gasteiger partial charge in [0.15, 0.2) is 5.78 Å². The fourth-order valence-corrected chi connectivity index (χ4v) is 2.32. The molecule has 0 aliphatic rings. The van der Waals surface area contributed by atoms with E-state index < -0.39 is 0 Å². The van der Waals surface area contributed by atoms with Crippen LogP contribution in [0.3, 0.4) is 0 Å². The van der Waals surface area contributed by atoms with Crippen molar-refractivity contribution in [2.75, 3.05) is 23.7 Å². The van der Waals surface area contributed by atoms with E-state index in [4.69, 9.17) is 5.73 Å². The van der Waals surface area contributed by atoms with Gasteiger partial charge < -0.3 is 10.6 Å². The fourth-order valence-electron chi connectivity index (χ4n) is 2.32. The molecule has 2 rings (SSSR count). The molecule has 0 spiro atoms. The van der Waals surface area contributed by atoms with Gasteiger partial charge in [-0.15, -0.1) is 0 Å². The quantitative estimate of drug-likeness (QED) is 0.676. The van der Waals surface area contributed by atoms with Crippen molar-refractivity contribution in [1.29, 1.82) is 0 Å². The van der Waals surface area contributed by atoms with Crippen LogP contribution in [0.25, 0.3) is 0 Å². The van der Waals surface area contributed by atoms with Crippen LogP contribution in [0.15, 0.2) is 42.5 Å². The zero-order valence-electron chi connectivity index (χ0n) is 12.3. The van der Waals surface area contributed by atoms with Gasteiger partial charge in [0.05, 0.1) is 11.4 Å². The molecule has 0 aliphatic heterocycles. The number of carbonyl (C=O) groups excluding carboxylic acids is 1. The lowest BCUT2D eigenvalue weighted by Gasteiger charge is -2.23. The highest BCUT2D eigenvalue weighted by Crippen LogP contribution is 2.25. The Morgan fingerprint density at radius 2 is 1.62 bits per heavy atom. The van der Waals surface area contributed by atoms with Gasteiger partial charge in [-0.25, -0.2) is 4.39 Å². The number of nitrogens with zero attached hydrogens (tertiary/aromatic N) is 1. The van der Waals surface area contributed by atoms with Crippen molar-refractivity contribution in [3.05, 3.63) is 59.4 Å². The summed E-state index contributed by atoms with van der Waals surface area (Å²) in [5.74, 6) is -0.518. The number of halogens is 1. The summed E-state index contributed by atoms with van der Waals surface area (Å²) in [6.07, 6.45) is 0. The predicted molar refractivity (Wildman–Crippen MR) is 84.2 cm³/mol. The number of benzene rings is 2. The molecule has 0 aliphatic carbocycles. The molecule has 2 aromatic rings. The molecule has 21 heavy (non-hydrogen) atoms. The zero-order valence-corrected chi connectivity index (χ0v) is 12.3. The van der Waals surface area contributed by atoms with E-state index in [0.29, 0.717) is 16.8 Å². The minimum atomic E-state index is -0.358. The SMILES string of the molecule is CCN(CC)c1ccc(C(=O)c2ccc(F)cc2)cc1N. The second-order valence-corrected chi connectivity index (χ2v) is 4.78. The van der Waals surface area contributed by atoms with Crippen molar-refractivity contribution >= 4 is 17.2 Å². The normalized spacial score (nSPS) is 10.4. The summed E-state index contributed by atoms with van der Waals surface area (Å²) in [6.45, 7) is 5.82. The lowest BCUT2D eigenvalue weighted by molar-refractivity contribution is 0.103. The Balaban J connectivity index is 2.31. The molecular weight excluding hydrogens is 267 g/mol. The standard InChI is InChI=1S/C17H19FN2O/c1-3-20(4-2)16-10-7-13(11-15(16)19)17(21)12-5-8-14(18)9-6-12/h5-11H,3-4,19H2,1-2H3. The average Bonchev–Trinajstić information content (AvgIpc) is 2.50. The monoisotopic (exact) mass is 286 g/mol.